The van der Waals surface area contributed by atoms with Crippen LogP contribution in [0.3, 0.4) is 0 Å². The zero-order chi connectivity index (χ0) is 12.4. The first kappa shape index (κ1) is 11.8. The molecule has 2 rings (SSSR count). The number of aliphatic carboxylic acids is 1. The van der Waals surface area contributed by atoms with Gasteiger partial charge in [0.1, 0.15) is 6.04 Å². The van der Waals surface area contributed by atoms with E-state index in [1.54, 1.807) is 0 Å². The molecule has 0 aromatic carbocycles. The summed E-state index contributed by atoms with van der Waals surface area (Å²) in [6.07, 6.45) is 1.16. The average Bonchev–Trinajstić information content (AvgIpc) is 2.78. The van der Waals surface area contributed by atoms with Crippen LogP contribution < -0.4 is 0 Å². The first-order valence-corrected chi connectivity index (χ1v) is 5.50. The van der Waals surface area contributed by atoms with Crippen molar-refractivity contribution in [1.29, 1.82) is 0 Å². The van der Waals surface area contributed by atoms with Crippen molar-refractivity contribution in [1.82, 2.24) is 15.1 Å². The zero-order valence-corrected chi connectivity index (χ0v) is 9.59. The third-order valence-electron chi connectivity index (χ3n) is 2.65. The summed E-state index contributed by atoms with van der Waals surface area (Å²) < 4.78 is 0. The molecule has 1 saturated heterocycles. The van der Waals surface area contributed by atoms with Gasteiger partial charge in [0.25, 0.3) is 5.91 Å². The molecule has 0 radical (unpaired) electrons. The van der Waals surface area contributed by atoms with Gasteiger partial charge in [-0.25, -0.2) is 4.79 Å². The number of hydrogen-bond acceptors (Lipinski definition) is 4. The summed E-state index contributed by atoms with van der Waals surface area (Å²) in [7, 11) is 0. The lowest BCUT2D eigenvalue weighted by atomic mass is 10.2. The molecule has 1 aliphatic heterocycles. The third kappa shape index (κ3) is 2.36. The molecule has 2 heterocycles. The van der Waals surface area contributed by atoms with Crippen LogP contribution in [0, 0.1) is 0 Å². The molecule has 6 nitrogen and oxygen atoms in total. The van der Waals surface area contributed by atoms with Crippen LogP contribution in [-0.2, 0) is 4.79 Å². The van der Waals surface area contributed by atoms with Crippen LogP contribution in [0.25, 0.3) is 0 Å². The van der Waals surface area contributed by atoms with E-state index in [9.17, 15) is 9.59 Å². The minimum absolute atomic E-state index is 0.113. The number of carboxylic acid groups (broad SMARTS) is 1. The fraction of sp³-hybridized carbons (Fsp3) is 0.400. The first-order chi connectivity index (χ1) is 8.09. The fourth-order valence-corrected chi connectivity index (χ4v) is 1.94. The van der Waals surface area contributed by atoms with Crippen molar-refractivity contribution in [2.24, 2.45) is 0 Å². The smallest absolute Gasteiger partial charge is 0.326 e. The maximum atomic E-state index is 12.0. The van der Waals surface area contributed by atoms with Gasteiger partial charge in [-0.15, -0.1) is 10.2 Å². The molecule has 1 N–H and O–H groups in total. The number of halogens is 1. The standard InChI is InChI=1S/C10H10ClN3O3/c11-8-4-3-6(12-13-8)9(15)14-5-1-2-7(14)10(16)17/h3-4,7H,1-2,5H2,(H,16,17)/t7-/m1/s1. The van der Waals surface area contributed by atoms with Crippen LogP contribution in [0.15, 0.2) is 12.1 Å². The highest BCUT2D eigenvalue weighted by Crippen LogP contribution is 2.19. The van der Waals surface area contributed by atoms with Gasteiger partial charge in [-0.3, -0.25) is 4.79 Å². The van der Waals surface area contributed by atoms with Crippen LogP contribution in [0.1, 0.15) is 23.3 Å². The Labute approximate surface area is 102 Å². The number of carbonyl (C=O) groups excluding carboxylic acids is 1. The lowest BCUT2D eigenvalue weighted by Gasteiger charge is -2.20. The van der Waals surface area contributed by atoms with Crippen molar-refractivity contribution >= 4 is 23.5 Å². The second kappa shape index (κ2) is 4.67. The van der Waals surface area contributed by atoms with Crippen LogP contribution in [-0.4, -0.2) is 44.7 Å². The molecule has 7 heteroatoms. The van der Waals surface area contributed by atoms with Gasteiger partial charge >= 0.3 is 5.97 Å². The Bertz CT molecular complexity index is 449. The van der Waals surface area contributed by atoms with Crippen molar-refractivity contribution < 1.29 is 14.7 Å². The van der Waals surface area contributed by atoms with Crippen molar-refractivity contribution in [2.75, 3.05) is 6.54 Å². The lowest BCUT2D eigenvalue weighted by molar-refractivity contribution is -0.141. The predicted octanol–water partition coefficient (Wildman–Crippen LogP) is 0.819. The van der Waals surface area contributed by atoms with Crippen molar-refractivity contribution in [3.63, 3.8) is 0 Å². The molecule has 1 atom stereocenters. The number of hydrogen-bond donors (Lipinski definition) is 1. The van der Waals surface area contributed by atoms with Gasteiger partial charge in [-0.05, 0) is 25.0 Å². The van der Waals surface area contributed by atoms with Gasteiger partial charge in [-0.2, -0.15) is 0 Å². The molecule has 1 fully saturated rings. The number of rotatable bonds is 2. The Morgan fingerprint density at radius 3 is 2.76 bits per heavy atom. The molecule has 1 aromatic rings. The molecule has 1 aliphatic rings. The van der Waals surface area contributed by atoms with Gasteiger partial charge in [-0.1, -0.05) is 11.6 Å². The van der Waals surface area contributed by atoms with Gasteiger partial charge in [0.15, 0.2) is 10.8 Å². The molecule has 1 aromatic heterocycles. The Balaban J connectivity index is 2.19. The Hall–Kier alpha value is -1.69. The molecule has 0 saturated carbocycles. The van der Waals surface area contributed by atoms with Crippen molar-refractivity contribution in [3.05, 3.63) is 23.0 Å². The topological polar surface area (TPSA) is 83.4 Å². The summed E-state index contributed by atoms with van der Waals surface area (Å²) in [4.78, 5) is 24.2. The van der Waals surface area contributed by atoms with Crippen LogP contribution in [0.4, 0.5) is 0 Å². The molecular weight excluding hydrogens is 246 g/mol. The minimum Gasteiger partial charge on any atom is -0.480 e. The van der Waals surface area contributed by atoms with Crippen molar-refractivity contribution in [2.45, 2.75) is 18.9 Å². The molecule has 90 valence electrons. The number of carboxylic acids is 1. The monoisotopic (exact) mass is 255 g/mol. The SMILES string of the molecule is O=C(O)[C@H]1CCCN1C(=O)c1ccc(Cl)nn1. The summed E-state index contributed by atoms with van der Waals surface area (Å²) in [6, 6.07) is 2.13. The van der Waals surface area contributed by atoms with E-state index in [0.717, 1.165) is 0 Å². The number of likely N-dealkylation sites (tertiary alicyclic amines) is 1. The summed E-state index contributed by atoms with van der Waals surface area (Å²) >= 11 is 5.56. The van der Waals surface area contributed by atoms with Gasteiger partial charge < -0.3 is 10.0 Å². The highest BCUT2D eigenvalue weighted by atomic mass is 35.5. The Kier molecular flexibility index (Phi) is 3.23. The maximum Gasteiger partial charge on any atom is 0.326 e. The summed E-state index contributed by atoms with van der Waals surface area (Å²) in [5, 5.41) is 16.4. The number of amides is 1. The van der Waals surface area contributed by atoms with Gasteiger partial charge in [0, 0.05) is 6.54 Å². The predicted molar refractivity (Wildman–Crippen MR) is 58.7 cm³/mol. The van der Waals surface area contributed by atoms with Gasteiger partial charge in [0.2, 0.25) is 0 Å². The van der Waals surface area contributed by atoms with Crippen LogP contribution in [0.5, 0.6) is 0 Å². The summed E-state index contributed by atoms with van der Waals surface area (Å²) in [5.74, 6) is -1.41. The molecule has 17 heavy (non-hydrogen) atoms. The van der Waals surface area contributed by atoms with Crippen LogP contribution >= 0.6 is 11.6 Å². The van der Waals surface area contributed by atoms with E-state index in [1.165, 1.54) is 17.0 Å². The minimum atomic E-state index is -0.988. The van der Waals surface area contributed by atoms with E-state index in [-0.39, 0.29) is 10.8 Å². The zero-order valence-electron chi connectivity index (χ0n) is 8.84. The van der Waals surface area contributed by atoms with E-state index in [2.05, 4.69) is 10.2 Å². The molecule has 0 spiro atoms. The highest BCUT2D eigenvalue weighted by molar-refractivity contribution is 6.29. The second-order valence-corrected chi connectivity index (χ2v) is 4.12. The molecule has 1 amide bonds. The van der Waals surface area contributed by atoms with E-state index in [4.69, 9.17) is 16.7 Å². The summed E-state index contributed by atoms with van der Waals surface area (Å²) in [5.41, 5.74) is 0.113. The number of nitrogens with zero attached hydrogens (tertiary/aromatic N) is 3. The normalized spacial score (nSPS) is 19.4. The molecule has 0 unspecified atom stereocenters. The number of carbonyl (C=O) groups is 2. The van der Waals surface area contributed by atoms with E-state index in [1.807, 2.05) is 0 Å². The van der Waals surface area contributed by atoms with E-state index >= 15 is 0 Å². The fourth-order valence-electron chi connectivity index (χ4n) is 1.84. The van der Waals surface area contributed by atoms with Crippen molar-refractivity contribution in [3.8, 4) is 0 Å². The average molecular weight is 256 g/mol. The molecular formula is C10H10ClN3O3. The van der Waals surface area contributed by atoms with Gasteiger partial charge in [0.05, 0.1) is 0 Å². The first-order valence-electron chi connectivity index (χ1n) is 5.12. The second-order valence-electron chi connectivity index (χ2n) is 3.74. The lowest BCUT2D eigenvalue weighted by Crippen LogP contribution is -2.40. The molecule has 0 aliphatic carbocycles. The highest BCUT2D eigenvalue weighted by Gasteiger charge is 2.34. The van der Waals surface area contributed by atoms with E-state index < -0.39 is 17.9 Å². The van der Waals surface area contributed by atoms with E-state index in [0.29, 0.717) is 19.4 Å². The molecule has 0 bridgehead atoms. The summed E-state index contributed by atoms with van der Waals surface area (Å²) in [6.45, 7) is 0.431. The van der Waals surface area contributed by atoms with Crippen LogP contribution in [0.2, 0.25) is 5.15 Å². The maximum absolute atomic E-state index is 12.0. The largest absolute Gasteiger partial charge is 0.480 e. The number of aromatic nitrogens is 2. The quantitative estimate of drug-likeness (QED) is 0.846. The Morgan fingerprint density at radius 1 is 1.41 bits per heavy atom. The Morgan fingerprint density at radius 2 is 2.18 bits per heavy atom. The third-order valence-corrected chi connectivity index (χ3v) is 2.85.